The summed E-state index contributed by atoms with van der Waals surface area (Å²) in [6, 6.07) is 31.8. The van der Waals surface area contributed by atoms with Crippen LogP contribution in [0.3, 0.4) is 0 Å². The molecule has 0 spiro atoms. The van der Waals surface area contributed by atoms with Crippen molar-refractivity contribution < 1.29 is 28.4 Å². The van der Waals surface area contributed by atoms with Crippen molar-refractivity contribution in [3.8, 4) is 22.3 Å². The van der Waals surface area contributed by atoms with Gasteiger partial charge in [-0.25, -0.2) is 0 Å². The van der Waals surface area contributed by atoms with Gasteiger partial charge in [0.05, 0.1) is 52.9 Å². The number of methoxy groups -OCH3 is 2. The minimum Gasteiger partial charge on any atom is -0.382 e. The van der Waals surface area contributed by atoms with Gasteiger partial charge in [-0.05, 0) is 103 Å². The van der Waals surface area contributed by atoms with Gasteiger partial charge in [-0.3, -0.25) is 0 Å². The predicted octanol–water partition coefficient (Wildman–Crippen LogP) is 16.4. The van der Waals surface area contributed by atoms with E-state index in [9.17, 15) is 0 Å². The highest BCUT2D eigenvalue weighted by atomic mass is 16.5. The number of hydrogen-bond acceptors (Lipinski definition) is 6. The van der Waals surface area contributed by atoms with E-state index in [0.29, 0.717) is 66.1 Å². The van der Waals surface area contributed by atoms with E-state index in [4.69, 9.17) is 28.4 Å². The Morgan fingerprint density at radius 2 is 0.694 bits per heavy atom. The summed E-state index contributed by atoms with van der Waals surface area (Å²) in [5.41, 5.74) is 15.2. The molecule has 4 aromatic carbocycles. The summed E-state index contributed by atoms with van der Waals surface area (Å²) in [5.74, 6) is 0. The molecule has 2 aliphatic rings. The Kier molecular flexibility index (Phi) is 22.1. The second-order valence-corrected chi connectivity index (χ2v) is 23.5. The molecule has 0 aliphatic heterocycles. The summed E-state index contributed by atoms with van der Waals surface area (Å²) in [7, 11) is 3.41. The molecule has 2 aliphatic carbocycles. The minimum atomic E-state index is -0.284. The number of unbranched alkanes of at least 4 members (excludes halogenated alkanes) is 10. The zero-order valence-corrected chi connectivity index (χ0v) is 47.3. The fourth-order valence-electron chi connectivity index (χ4n) is 12.1. The van der Waals surface area contributed by atoms with Crippen molar-refractivity contribution in [2.75, 3.05) is 80.3 Å². The molecule has 0 aromatic heterocycles. The second-order valence-electron chi connectivity index (χ2n) is 23.5. The van der Waals surface area contributed by atoms with Crippen molar-refractivity contribution in [3.63, 3.8) is 0 Å². The first-order valence-corrected chi connectivity index (χ1v) is 28.6. The molecule has 0 saturated heterocycles. The smallest absolute Gasteiger partial charge is 0.0701 e. The van der Waals surface area contributed by atoms with Crippen LogP contribution in [0.1, 0.15) is 204 Å². The summed E-state index contributed by atoms with van der Waals surface area (Å²) < 4.78 is 34.7. The van der Waals surface area contributed by atoms with Gasteiger partial charge in [0.25, 0.3) is 0 Å². The summed E-state index contributed by atoms with van der Waals surface area (Å²) in [6.07, 6.45) is 19.9. The third-order valence-electron chi connectivity index (χ3n) is 17.4. The van der Waals surface area contributed by atoms with Crippen molar-refractivity contribution in [2.45, 2.75) is 192 Å². The molecule has 0 unspecified atom stereocenters. The van der Waals surface area contributed by atoms with E-state index < -0.39 is 0 Å². The maximum Gasteiger partial charge on any atom is 0.0701 e. The molecular formula is C66H98O6. The van der Waals surface area contributed by atoms with E-state index in [0.717, 1.165) is 12.8 Å². The fourth-order valence-corrected chi connectivity index (χ4v) is 12.1. The first-order chi connectivity index (χ1) is 34.7. The number of ether oxygens (including phenoxy) is 6. The first-order valence-electron chi connectivity index (χ1n) is 28.6. The maximum absolute atomic E-state index is 6.38. The lowest BCUT2D eigenvalue weighted by Crippen LogP contribution is -2.41. The highest BCUT2D eigenvalue weighted by Crippen LogP contribution is 2.58. The van der Waals surface area contributed by atoms with Gasteiger partial charge in [0.1, 0.15) is 0 Å². The molecule has 0 fully saturated rings. The summed E-state index contributed by atoms with van der Waals surface area (Å²) >= 11 is 0. The van der Waals surface area contributed by atoms with Crippen LogP contribution >= 0.6 is 0 Å². The van der Waals surface area contributed by atoms with Crippen LogP contribution in [-0.2, 0) is 55.5 Å². The summed E-state index contributed by atoms with van der Waals surface area (Å²) in [6.45, 7) is 27.6. The quantitative estimate of drug-likeness (QED) is 0.0428. The molecule has 0 heterocycles. The van der Waals surface area contributed by atoms with Crippen LogP contribution in [0.5, 0.6) is 0 Å². The van der Waals surface area contributed by atoms with E-state index in [-0.39, 0.29) is 27.1 Å². The molecular weight excluding hydrogens is 889 g/mol. The Morgan fingerprint density at radius 1 is 0.347 bits per heavy atom. The van der Waals surface area contributed by atoms with E-state index in [1.54, 1.807) is 25.3 Å². The lowest BCUT2D eigenvalue weighted by Gasteiger charge is -2.44. The zero-order valence-electron chi connectivity index (χ0n) is 47.3. The van der Waals surface area contributed by atoms with Crippen LogP contribution in [0.15, 0.2) is 78.9 Å². The van der Waals surface area contributed by atoms with E-state index in [2.05, 4.69) is 141 Å². The van der Waals surface area contributed by atoms with Crippen LogP contribution in [-0.4, -0.2) is 80.3 Å². The van der Waals surface area contributed by atoms with Crippen molar-refractivity contribution in [1.82, 2.24) is 0 Å². The molecule has 72 heavy (non-hydrogen) atoms. The number of benzene rings is 4. The molecule has 0 saturated carbocycles. The zero-order chi connectivity index (χ0) is 51.7. The molecule has 0 N–H and O–H groups in total. The lowest BCUT2D eigenvalue weighted by atomic mass is 9.59. The van der Waals surface area contributed by atoms with Gasteiger partial charge in [0.15, 0.2) is 0 Å². The molecule has 0 atom stereocenters. The molecule has 6 nitrogen and oxygen atoms in total. The Balaban J connectivity index is 1.38. The van der Waals surface area contributed by atoms with Gasteiger partial charge in [0, 0.05) is 38.3 Å². The number of rotatable bonds is 35. The van der Waals surface area contributed by atoms with Crippen LogP contribution in [0.4, 0.5) is 0 Å². The van der Waals surface area contributed by atoms with Crippen molar-refractivity contribution in [1.29, 1.82) is 0 Å². The molecule has 0 amide bonds. The molecule has 6 heteroatoms. The van der Waals surface area contributed by atoms with Crippen LogP contribution in [0.25, 0.3) is 22.3 Å². The monoisotopic (exact) mass is 987 g/mol. The topological polar surface area (TPSA) is 55.4 Å². The predicted molar refractivity (Wildman–Crippen MR) is 302 cm³/mol. The Hall–Kier alpha value is -3.36. The normalized spacial score (nSPS) is 14.7. The van der Waals surface area contributed by atoms with Crippen LogP contribution < -0.4 is 0 Å². The van der Waals surface area contributed by atoms with Crippen LogP contribution in [0.2, 0.25) is 0 Å². The highest BCUT2D eigenvalue weighted by molar-refractivity contribution is 5.83. The molecule has 6 rings (SSSR count). The second kappa shape index (κ2) is 27.4. The molecule has 0 bridgehead atoms. The van der Waals surface area contributed by atoms with Gasteiger partial charge in [-0.2, -0.15) is 0 Å². The number of hydrogen-bond donors (Lipinski definition) is 0. The van der Waals surface area contributed by atoms with Gasteiger partial charge in [-0.15, -0.1) is 0 Å². The third kappa shape index (κ3) is 13.5. The Morgan fingerprint density at radius 3 is 1.12 bits per heavy atom. The van der Waals surface area contributed by atoms with E-state index in [1.165, 1.54) is 140 Å². The largest absolute Gasteiger partial charge is 0.382 e. The average molecular weight is 988 g/mol. The van der Waals surface area contributed by atoms with Crippen molar-refractivity contribution in [3.05, 3.63) is 118 Å². The highest BCUT2D eigenvalue weighted by Gasteiger charge is 2.48. The van der Waals surface area contributed by atoms with E-state index in [1.807, 2.05) is 0 Å². The standard InChI is InChI=1S/C66H98O6/c1-12-14-16-18-20-24-34-65(35-25-21-19-17-15-13-2)59-48-51(62(3,4)5)28-31-56(59)57-33-30-52(49-60(57)65)63(6,7)64(8,9)53-29-32-55-54-26-22-23-27-58(54)66(61(55)50-53,36-38-69-44-46-71-42-40-67-10)37-39-70-45-47-72-43-41-68-11/h22-23,26-33,48-50H,12-21,24-25,34-47H2,1-11H3. The van der Waals surface area contributed by atoms with Gasteiger partial charge in [0.2, 0.25) is 0 Å². The van der Waals surface area contributed by atoms with E-state index >= 15 is 0 Å². The van der Waals surface area contributed by atoms with Gasteiger partial charge < -0.3 is 28.4 Å². The maximum atomic E-state index is 6.38. The van der Waals surface area contributed by atoms with Crippen LogP contribution in [0, 0.1) is 0 Å². The molecule has 0 radical (unpaired) electrons. The SMILES string of the molecule is CCCCCCCCC1(CCCCCCCC)c2cc(C(C)(C)C)ccc2-c2ccc(C(C)(C)C(C)(C)c3ccc4c(c3)C(CCOCCOCCOC)(CCOCCOCCOC)c3ccccc3-4)cc21. The van der Waals surface area contributed by atoms with Crippen molar-refractivity contribution in [2.24, 2.45) is 0 Å². The Labute approximate surface area is 439 Å². The molecule has 398 valence electrons. The lowest BCUT2D eigenvalue weighted by molar-refractivity contribution is 0.0145. The van der Waals surface area contributed by atoms with Gasteiger partial charge >= 0.3 is 0 Å². The van der Waals surface area contributed by atoms with Crippen molar-refractivity contribution >= 4 is 0 Å². The van der Waals surface area contributed by atoms with Gasteiger partial charge in [-0.1, -0.05) is 218 Å². The first kappa shape index (κ1) is 57.9. The Bertz CT molecular complexity index is 2210. The minimum absolute atomic E-state index is 0.00680. The average Bonchev–Trinajstić information content (AvgIpc) is 3.80. The fraction of sp³-hybridized carbons (Fsp3) is 0.636. The summed E-state index contributed by atoms with van der Waals surface area (Å²) in [4.78, 5) is 0. The third-order valence-corrected chi connectivity index (χ3v) is 17.4. The number of fused-ring (bicyclic) bond motifs is 6. The molecule has 4 aromatic rings. The summed E-state index contributed by atoms with van der Waals surface area (Å²) in [5, 5.41) is 0.